The lowest BCUT2D eigenvalue weighted by Crippen LogP contribution is -2.42. The van der Waals surface area contributed by atoms with E-state index < -0.39 is 6.36 Å². The summed E-state index contributed by atoms with van der Waals surface area (Å²) in [5.74, 6) is -0.230. The Morgan fingerprint density at radius 3 is 2.44 bits per heavy atom. The lowest BCUT2D eigenvalue weighted by atomic mass is 10.2. The summed E-state index contributed by atoms with van der Waals surface area (Å²) >= 11 is 0. The van der Waals surface area contributed by atoms with Crippen molar-refractivity contribution in [2.45, 2.75) is 52.4 Å². The molecule has 1 fully saturated rings. The van der Waals surface area contributed by atoms with Crippen molar-refractivity contribution in [3.05, 3.63) is 47.3 Å². The first kappa shape index (κ1) is 24.1. The second-order valence-electron chi connectivity index (χ2n) is 8.35. The number of carbonyl (C=O) groups excluding carboxylic acids is 1. The standard InChI is InChI=1S/C22H29F3N4O3/c1-15(2)29-12-20(31-14-17-5-7-19(8-6-17)32-22(23,24)25)11-28(13-21(29)30)10-18-9-27(4)26-16(18)3/h5-9,15,20H,10-14H2,1-4H3. The molecule has 176 valence electrons. The number of aryl methyl sites for hydroxylation is 2. The van der Waals surface area contributed by atoms with Gasteiger partial charge in [0.2, 0.25) is 5.91 Å². The maximum atomic E-state index is 12.8. The van der Waals surface area contributed by atoms with Crippen LogP contribution < -0.4 is 4.74 Å². The molecule has 1 amide bonds. The third-order valence-electron chi connectivity index (χ3n) is 5.32. The van der Waals surface area contributed by atoms with E-state index in [4.69, 9.17) is 4.74 Å². The number of carbonyl (C=O) groups is 1. The molecule has 1 aromatic carbocycles. The summed E-state index contributed by atoms with van der Waals surface area (Å²) < 4.78 is 48.8. The van der Waals surface area contributed by atoms with Gasteiger partial charge in [-0.1, -0.05) is 12.1 Å². The largest absolute Gasteiger partial charge is 0.573 e. The Balaban J connectivity index is 1.67. The zero-order valence-corrected chi connectivity index (χ0v) is 18.7. The average Bonchev–Trinajstić information content (AvgIpc) is 2.89. The highest BCUT2D eigenvalue weighted by molar-refractivity contribution is 5.79. The van der Waals surface area contributed by atoms with Gasteiger partial charge in [-0.3, -0.25) is 14.4 Å². The number of aromatic nitrogens is 2. The second kappa shape index (κ2) is 9.91. The molecule has 0 radical (unpaired) electrons. The molecular weight excluding hydrogens is 425 g/mol. The molecule has 7 nitrogen and oxygen atoms in total. The van der Waals surface area contributed by atoms with Gasteiger partial charge >= 0.3 is 6.36 Å². The Kier molecular flexibility index (Phi) is 7.45. The summed E-state index contributed by atoms with van der Waals surface area (Å²) in [7, 11) is 1.86. The number of rotatable bonds is 7. The molecule has 0 bridgehead atoms. The summed E-state index contributed by atoms with van der Waals surface area (Å²) in [6.07, 6.45) is -3.01. The SMILES string of the molecule is Cc1nn(C)cc1CN1CC(=O)N(C(C)C)CC(OCc2ccc(OC(F)(F)F)cc2)C1. The van der Waals surface area contributed by atoms with Crippen molar-refractivity contribution >= 4 is 5.91 Å². The molecule has 1 saturated heterocycles. The van der Waals surface area contributed by atoms with Crippen LogP contribution in [0.5, 0.6) is 5.75 Å². The van der Waals surface area contributed by atoms with Gasteiger partial charge in [-0.05, 0) is 38.5 Å². The average molecular weight is 454 g/mol. The third-order valence-corrected chi connectivity index (χ3v) is 5.32. The first-order chi connectivity index (χ1) is 15.0. The van der Waals surface area contributed by atoms with Gasteiger partial charge in [-0.25, -0.2) is 0 Å². The molecule has 1 aromatic heterocycles. The maximum Gasteiger partial charge on any atom is 0.573 e. The van der Waals surface area contributed by atoms with Gasteiger partial charge < -0.3 is 14.4 Å². The minimum absolute atomic E-state index is 0.0347. The van der Waals surface area contributed by atoms with E-state index in [1.54, 1.807) is 21.7 Å². The van der Waals surface area contributed by atoms with E-state index in [1.807, 2.05) is 34.0 Å². The summed E-state index contributed by atoms with van der Waals surface area (Å²) in [5, 5.41) is 4.37. The summed E-state index contributed by atoms with van der Waals surface area (Å²) in [4.78, 5) is 16.7. The number of alkyl halides is 3. The molecule has 3 rings (SSSR count). The number of hydrogen-bond donors (Lipinski definition) is 0. The van der Waals surface area contributed by atoms with E-state index in [-0.39, 0.29) is 37.0 Å². The van der Waals surface area contributed by atoms with E-state index in [9.17, 15) is 18.0 Å². The van der Waals surface area contributed by atoms with Crippen molar-refractivity contribution in [1.82, 2.24) is 19.6 Å². The zero-order chi connectivity index (χ0) is 23.5. The fourth-order valence-corrected chi connectivity index (χ4v) is 3.78. The monoisotopic (exact) mass is 454 g/mol. The van der Waals surface area contributed by atoms with Gasteiger partial charge in [-0.15, -0.1) is 13.2 Å². The normalized spacial score (nSPS) is 18.3. The molecule has 10 heteroatoms. The van der Waals surface area contributed by atoms with Crippen molar-refractivity contribution in [2.75, 3.05) is 19.6 Å². The van der Waals surface area contributed by atoms with Gasteiger partial charge in [0.25, 0.3) is 0 Å². The van der Waals surface area contributed by atoms with Crippen LogP contribution in [0.3, 0.4) is 0 Å². The quantitative estimate of drug-likeness (QED) is 0.643. The van der Waals surface area contributed by atoms with Crippen LogP contribution in [0.4, 0.5) is 13.2 Å². The minimum atomic E-state index is -4.72. The van der Waals surface area contributed by atoms with Gasteiger partial charge in [0, 0.05) is 44.5 Å². The highest BCUT2D eigenvalue weighted by Gasteiger charge is 2.31. The molecule has 1 aliphatic rings. The van der Waals surface area contributed by atoms with Crippen molar-refractivity contribution < 1.29 is 27.4 Å². The van der Waals surface area contributed by atoms with Gasteiger partial charge in [0.15, 0.2) is 0 Å². The number of nitrogens with zero attached hydrogens (tertiary/aromatic N) is 4. The molecule has 2 aromatic rings. The highest BCUT2D eigenvalue weighted by atomic mass is 19.4. The highest BCUT2D eigenvalue weighted by Crippen LogP contribution is 2.23. The van der Waals surface area contributed by atoms with E-state index in [1.165, 1.54) is 12.1 Å². The van der Waals surface area contributed by atoms with Crippen LogP contribution in [-0.2, 0) is 29.7 Å². The van der Waals surface area contributed by atoms with Crippen molar-refractivity contribution in [3.8, 4) is 5.75 Å². The predicted octanol–water partition coefficient (Wildman–Crippen LogP) is 3.27. The first-order valence-electron chi connectivity index (χ1n) is 10.5. The van der Waals surface area contributed by atoms with Crippen LogP contribution in [0.1, 0.15) is 30.7 Å². The Bertz CT molecular complexity index is 912. The first-order valence-corrected chi connectivity index (χ1v) is 10.5. The summed E-state index contributed by atoms with van der Waals surface area (Å²) in [5.41, 5.74) is 2.70. The topological polar surface area (TPSA) is 59.8 Å². The molecule has 0 saturated carbocycles. The van der Waals surface area contributed by atoms with E-state index in [2.05, 4.69) is 14.7 Å². The van der Waals surface area contributed by atoms with Crippen molar-refractivity contribution in [2.24, 2.45) is 7.05 Å². The van der Waals surface area contributed by atoms with E-state index in [0.717, 1.165) is 16.8 Å². The summed E-state index contributed by atoms with van der Waals surface area (Å²) in [6.45, 7) is 7.97. The molecule has 1 atom stereocenters. The number of halogens is 3. The Labute approximate surface area is 185 Å². The molecule has 0 N–H and O–H groups in total. The second-order valence-corrected chi connectivity index (χ2v) is 8.35. The van der Waals surface area contributed by atoms with Gasteiger partial charge in [-0.2, -0.15) is 5.10 Å². The van der Waals surface area contributed by atoms with Crippen LogP contribution in [0.25, 0.3) is 0 Å². The van der Waals surface area contributed by atoms with Crippen LogP contribution in [-0.4, -0.2) is 63.6 Å². The number of ether oxygens (including phenoxy) is 2. The summed E-state index contributed by atoms with van der Waals surface area (Å²) in [6, 6.07) is 5.65. The van der Waals surface area contributed by atoms with Crippen LogP contribution in [0, 0.1) is 6.92 Å². The number of benzene rings is 1. The fourth-order valence-electron chi connectivity index (χ4n) is 3.78. The van der Waals surface area contributed by atoms with Crippen LogP contribution >= 0.6 is 0 Å². The third kappa shape index (κ3) is 6.70. The molecule has 2 heterocycles. The van der Waals surface area contributed by atoms with Gasteiger partial charge in [0.1, 0.15) is 5.75 Å². The molecule has 0 spiro atoms. The fraction of sp³-hybridized carbons (Fsp3) is 0.545. The maximum absolute atomic E-state index is 12.8. The number of amides is 1. The minimum Gasteiger partial charge on any atom is -0.406 e. The predicted molar refractivity (Wildman–Crippen MR) is 112 cm³/mol. The Morgan fingerprint density at radius 1 is 1.19 bits per heavy atom. The van der Waals surface area contributed by atoms with E-state index >= 15 is 0 Å². The van der Waals surface area contributed by atoms with E-state index in [0.29, 0.717) is 19.6 Å². The molecule has 1 unspecified atom stereocenters. The van der Waals surface area contributed by atoms with Crippen LogP contribution in [0.2, 0.25) is 0 Å². The van der Waals surface area contributed by atoms with Crippen LogP contribution in [0.15, 0.2) is 30.5 Å². The smallest absolute Gasteiger partial charge is 0.406 e. The van der Waals surface area contributed by atoms with Gasteiger partial charge in [0.05, 0.1) is 24.9 Å². The zero-order valence-electron chi connectivity index (χ0n) is 18.7. The Morgan fingerprint density at radius 2 is 1.88 bits per heavy atom. The molecular formula is C22H29F3N4O3. The number of hydrogen-bond acceptors (Lipinski definition) is 5. The Hall–Kier alpha value is -2.59. The van der Waals surface area contributed by atoms with Crippen molar-refractivity contribution in [1.29, 1.82) is 0 Å². The van der Waals surface area contributed by atoms with Crippen molar-refractivity contribution in [3.63, 3.8) is 0 Å². The molecule has 32 heavy (non-hydrogen) atoms. The lowest BCUT2D eigenvalue weighted by molar-refractivity contribution is -0.274. The lowest BCUT2D eigenvalue weighted by Gasteiger charge is -2.27. The molecule has 0 aliphatic carbocycles. The molecule has 1 aliphatic heterocycles.